The first-order chi connectivity index (χ1) is 13.0. The average Bonchev–Trinajstić information content (AvgIpc) is 3.09. The predicted octanol–water partition coefficient (Wildman–Crippen LogP) is 3.17. The molecule has 0 aliphatic heterocycles. The fourth-order valence-corrected chi connectivity index (χ4v) is 3.66. The Balaban J connectivity index is 2.03. The fraction of sp³-hybridized carbons (Fsp3) is 0.500. The van der Waals surface area contributed by atoms with Crippen molar-refractivity contribution < 1.29 is 4.84 Å². The van der Waals surface area contributed by atoms with Gasteiger partial charge in [0.25, 0.3) is 0 Å². The zero-order chi connectivity index (χ0) is 19.4. The number of hydroxylamine groups is 1. The monoisotopic (exact) mass is 370 g/mol. The lowest BCUT2D eigenvalue weighted by molar-refractivity contribution is 0.0676. The molecular weight excluding hydrogens is 340 g/mol. The molecule has 1 aliphatic rings. The molecule has 0 saturated heterocycles. The molecule has 0 spiro atoms. The lowest BCUT2D eigenvalue weighted by Gasteiger charge is -2.27. The summed E-state index contributed by atoms with van der Waals surface area (Å²) in [7, 11) is 3.61. The molecule has 7 heteroatoms. The number of fused-ring (bicyclic) bond motifs is 1. The minimum Gasteiger partial charge on any atom is -0.391 e. The molecule has 0 radical (unpaired) electrons. The van der Waals surface area contributed by atoms with Gasteiger partial charge in [-0.2, -0.15) is 5.48 Å². The summed E-state index contributed by atoms with van der Waals surface area (Å²) in [6, 6.07) is 0.163. The van der Waals surface area contributed by atoms with Gasteiger partial charge >= 0.3 is 0 Å². The van der Waals surface area contributed by atoms with Crippen molar-refractivity contribution in [3.8, 4) is 0 Å². The Hall–Kier alpha value is -2.38. The highest BCUT2D eigenvalue weighted by molar-refractivity contribution is 5.86. The van der Waals surface area contributed by atoms with E-state index in [9.17, 15) is 0 Å². The molecule has 4 N–H and O–H groups in total. The molecule has 7 nitrogen and oxygen atoms in total. The topological polar surface area (TPSA) is 86.9 Å². The Morgan fingerprint density at radius 1 is 1.30 bits per heavy atom. The number of H-pyrrole nitrogens is 1. The fourth-order valence-electron chi connectivity index (χ4n) is 3.66. The number of allylic oxidation sites excluding steroid dienone is 1. The Labute approximate surface area is 160 Å². The van der Waals surface area contributed by atoms with Crippen LogP contribution < -0.4 is 16.1 Å². The molecule has 0 bridgehead atoms. The summed E-state index contributed by atoms with van der Waals surface area (Å²) < 4.78 is 0. The molecule has 0 amide bonds. The largest absolute Gasteiger partial charge is 0.391 e. The highest BCUT2D eigenvalue weighted by Crippen LogP contribution is 2.33. The van der Waals surface area contributed by atoms with E-state index in [1.165, 1.54) is 24.1 Å². The SMILES string of the molecule is C=C(NC(C)C)c1c[nH]c2ncc(C(NOC)C3=C(NC)CCCC3)nc12. The van der Waals surface area contributed by atoms with Crippen LogP contribution in [0.25, 0.3) is 16.9 Å². The van der Waals surface area contributed by atoms with Gasteiger partial charge in [-0.3, -0.25) is 0 Å². The molecule has 1 atom stereocenters. The molecule has 2 heterocycles. The summed E-state index contributed by atoms with van der Waals surface area (Å²) in [5.74, 6) is 0. The second-order valence-electron chi connectivity index (χ2n) is 7.19. The first-order valence-electron chi connectivity index (χ1n) is 9.53. The van der Waals surface area contributed by atoms with Crippen molar-refractivity contribution in [3.05, 3.63) is 41.5 Å². The smallest absolute Gasteiger partial charge is 0.156 e. The number of hydrogen-bond donors (Lipinski definition) is 4. The number of nitrogens with zero attached hydrogens (tertiary/aromatic N) is 2. The highest BCUT2D eigenvalue weighted by atomic mass is 16.6. The number of aromatic amines is 1. The van der Waals surface area contributed by atoms with Crippen molar-refractivity contribution in [1.82, 2.24) is 31.1 Å². The van der Waals surface area contributed by atoms with Crippen LogP contribution in [-0.2, 0) is 4.84 Å². The van der Waals surface area contributed by atoms with Crippen LogP contribution in [0, 0.1) is 0 Å². The third-order valence-electron chi connectivity index (χ3n) is 4.88. The Morgan fingerprint density at radius 2 is 2.07 bits per heavy atom. The normalized spacial score (nSPS) is 16.0. The minimum absolute atomic E-state index is 0.135. The van der Waals surface area contributed by atoms with Crippen molar-refractivity contribution >= 4 is 16.9 Å². The lowest BCUT2D eigenvalue weighted by atomic mass is 9.90. The van der Waals surface area contributed by atoms with Crippen molar-refractivity contribution in [2.24, 2.45) is 0 Å². The van der Waals surface area contributed by atoms with Gasteiger partial charge in [0.05, 0.1) is 25.0 Å². The van der Waals surface area contributed by atoms with E-state index in [0.29, 0.717) is 6.04 Å². The average molecular weight is 371 g/mol. The van der Waals surface area contributed by atoms with Gasteiger partial charge in [0, 0.05) is 36.2 Å². The zero-order valence-corrected chi connectivity index (χ0v) is 16.6. The first kappa shape index (κ1) is 19.4. The van der Waals surface area contributed by atoms with E-state index < -0.39 is 0 Å². The maximum Gasteiger partial charge on any atom is 0.156 e. The van der Waals surface area contributed by atoms with Gasteiger partial charge in [-0.05, 0) is 45.1 Å². The maximum absolute atomic E-state index is 5.31. The molecule has 27 heavy (non-hydrogen) atoms. The van der Waals surface area contributed by atoms with Crippen LogP contribution in [0.3, 0.4) is 0 Å². The van der Waals surface area contributed by atoms with E-state index in [1.54, 1.807) is 7.11 Å². The maximum atomic E-state index is 5.31. The number of hydrogen-bond acceptors (Lipinski definition) is 6. The van der Waals surface area contributed by atoms with E-state index in [4.69, 9.17) is 9.82 Å². The van der Waals surface area contributed by atoms with Gasteiger partial charge in [-0.25, -0.2) is 9.97 Å². The van der Waals surface area contributed by atoms with Crippen LogP contribution in [0.1, 0.15) is 56.8 Å². The van der Waals surface area contributed by atoms with E-state index >= 15 is 0 Å². The third-order valence-corrected chi connectivity index (χ3v) is 4.88. The summed E-state index contributed by atoms with van der Waals surface area (Å²) in [6.07, 6.45) is 8.15. The van der Waals surface area contributed by atoms with Crippen LogP contribution in [0.4, 0.5) is 0 Å². The van der Waals surface area contributed by atoms with Crippen LogP contribution >= 0.6 is 0 Å². The van der Waals surface area contributed by atoms with E-state index in [0.717, 1.165) is 41.0 Å². The Morgan fingerprint density at radius 3 is 2.78 bits per heavy atom. The molecule has 1 unspecified atom stereocenters. The van der Waals surface area contributed by atoms with Crippen molar-refractivity contribution in [2.45, 2.75) is 51.6 Å². The Bertz CT molecular complexity index is 838. The van der Waals surface area contributed by atoms with Crippen LogP contribution in [0.5, 0.6) is 0 Å². The summed E-state index contributed by atoms with van der Waals surface area (Å²) in [4.78, 5) is 18.0. The summed E-state index contributed by atoms with van der Waals surface area (Å²) in [5.41, 5.74) is 9.86. The number of aromatic nitrogens is 3. The van der Waals surface area contributed by atoms with Crippen LogP contribution in [0.15, 0.2) is 30.2 Å². The van der Waals surface area contributed by atoms with Gasteiger partial charge in [-0.1, -0.05) is 6.58 Å². The van der Waals surface area contributed by atoms with Gasteiger partial charge in [0.1, 0.15) is 5.52 Å². The number of nitrogens with one attached hydrogen (secondary N) is 4. The van der Waals surface area contributed by atoms with Crippen LogP contribution in [0.2, 0.25) is 0 Å². The van der Waals surface area contributed by atoms with E-state index in [-0.39, 0.29) is 6.04 Å². The minimum atomic E-state index is -0.135. The summed E-state index contributed by atoms with van der Waals surface area (Å²) in [5, 5.41) is 6.70. The van der Waals surface area contributed by atoms with Gasteiger partial charge in [0.2, 0.25) is 0 Å². The number of rotatable bonds is 8. The standard InChI is InChI=1S/C20H30N6O/c1-12(2)24-13(3)15-10-22-20-19(15)25-17(11-23-20)18(26-27-5)14-8-6-7-9-16(14)21-4/h10-12,18,21,24,26H,3,6-9H2,1-2,4-5H3,(H,22,23). The molecule has 2 aromatic heterocycles. The van der Waals surface area contributed by atoms with Crippen molar-refractivity contribution in [1.29, 1.82) is 0 Å². The first-order valence-corrected chi connectivity index (χ1v) is 9.53. The molecule has 146 valence electrons. The molecule has 0 fully saturated rings. The Kier molecular flexibility index (Phi) is 6.13. The lowest BCUT2D eigenvalue weighted by Crippen LogP contribution is -2.27. The van der Waals surface area contributed by atoms with Crippen LogP contribution in [-0.4, -0.2) is 35.2 Å². The highest BCUT2D eigenvalue weighted by Gasteiger charge is 2.25. The second kappa shape index (κ2) is 8.54. The molecule has 2 aromatic rings. The molecule has 0 saturated carbocycles. The van der Waals surface area contributed by atoms with Gasteiger partial charge < -0.3 is 20.5 Å². The molecule has 3 rings (SSSR count). The van der Waals surface area contributed by atoms with Gasteiger partial charge in [0.15, 0.2) is 5.65 Å². The quantitative estimate of drug-likeness (QED) is 0.534. The van der Waals surface area contributed by atoms with E-state index in [1.807, 2.05) is 19.4 Å². The van der Waals surface area contributed by atoms with Crippen molar-refractivity contribution in [2.75, 3.05) is 14.2 Å². The predicted molar refractivity (Wildman–Crippen MR) is 109 cm³/mol. The van der Waals surface area contributed by atoms with Crippen molar-refractivity contribution in [3.63, 3.8) is 0 Å². The molecule has 1 aliphatic carbocycles. The second-order valence-corrected chi connectivity index (χ2v) is 7.19. The molecular formula is C20H30N6O. The van der Waals surface area contributed by atoms with Gasteiger partial charge in [-0.15, -0.1) is 0 Å². The summed E-state index contributed by atoms with van der Waals surface area (Å²) in [6.45, 7) is 8.33. The zero-order valence-electron chi connectivity index (χ0n) is 16.6. The molecule has 0 aromatic carbocycles. The van der Waals surface area contributed by atoms with E-state index in [2.05, 4.69) is 46.5 Å². The summed E-state index contributed by atoms with van der Waals surface area (Å²) >= 11 is 0. The third kappa shape index (κ3) is 4.14.